The number of aromatic nitrogens is 1. The summed E-state index contributed by atoms with van der Waals surface area (Å²) in [5, 5.41) is 6.25. The number of piperazine rings is 1. The lowest BCUT2D eigenvalue weighted by Gasteiger charge is -2.36. The summed E-state index contributed by atoms with van der Waals surface area (Å²) in [6, 6.07) is 10.8. The summed E-state index contributed by atoms with van der Waals surface area (Å²) in [5.74, 6) is 1.50. The Morgan fingerprint density at radius 2 is 2.04 bits per heavy atom. The standard InChI is InChI=1S/C19H24N4O3.2ClH/c1-14-18(4-3-9-21-14)26-13-16-12-20-10-11-23(16)19(24)22-15-5-7-17(25-2)8-6-15;;/h3-9,16,20H,10-13H2,1-2H3,(H,22,24);2*1H. The molecule has 2 aromatic rings. The molecule has 1 aliphatic rings. The number of anilines is 1. The lowest BCUT2D eigenvalue weighted by atomic mass is 10.2. The maximum atomic E-state index is 12.7. The zero-order chi connectivity index (χ0) is 18.4. The first kappa shape index (κ1) is 23.8. The second kappa shape index (κ2) is 11.6. The highest BCUT2D eigenvalue weighted by molar-refractivity contribution is 5.89. The van der Waals surface area contributed by atoms with E-state index in [-0.39, 0.29) is 36.9 Å². The van der Waals surface area contributed by atoms with Crippen molar-refractivity contribution in [2.24, 2.45) is 0 Å². The molecule has 1 unspecified atom stereocenters. The number of aryl methyl sites for hydroxylation is 1. The van der Waals surface area contributed by atoms with E-state index < -0.39 is 0 Å². The van der Waals surface area contributed by atoms with Crippen LogP contribution in [-0.4, -0.2) is 55.3 Å². The zero-order valence-corrected chi connectivity index (χ0v) is 17.5. The first-order chi connectivity index (χ1) is 12.7. The van der Waals surface area contributed by atoms with Gasteiger partial charge in [0.2, 0.25) is 0 Å². The van der Waals surface area contributed by atoms with Gasteiger partial charge in [0, 0.05) is 31.5 Å². The summed E-state index contributed by atoms with van der Waals surface area (Å²) in [6.45, 7) is 4.40. The molecule has 0 saturated carbocycles. The molecule has 0 spiro atoms. The fourth-order valence-electron chi connectivity index (χ4n) is 2.85. The number of hydrogen-bond donors (Lipinski definition) is 2. The maximum Gasteiger partial charge on any atom is 0.322 e. The Labute approximate surface area is 177 Å². The number of ether oxygens (including phenoxy) is 2. The van der Waals surface area contributed by atoms with Gasteiger partial charge in [-0.1, -0.05) is 0 Å². The fourth-order valence-corrected chi connectivity index (χ4v) is 2.85. The van der Waals surface area contributed by atoms with Gasteiger partial charge in [-0.2, -0.15) is 0 Å². The second-order valence-electron chi connectivity index (χ2n) is 6.11. The van der Waals surface area contributed by atoms with Gasteiger partial charge in [0.25, 0.3) is 0 Å². The van der Waals surface area contributed by atoms with Crippen LogP contribution in [0.25, 0.3) is 0 Å². The number of halogens is 2. The van der Waals surface area contributed by atoms with Crippen LogP contribution in [0.3, 0.4) is 0 Å². The molecule has 2 heterocycles. The third kappa shape index (κ3) is 6.15. The Balaban J connectivity index is 0.00000196. The predicted molar refractivity (Wildman–Crippen MR) is 114 cm³/mol. The van der Waals surface area contributed by atoms with Crippen LogP contribution in [0.15, 0.2) is 42.6 Å². The molecule has 28 heavy (non-hydrogen) atoms. The van der Waals surface area contributed by atoms with E-state index in [0.717, 1.165) is 29.4 Å². The number of amides is 2. The van der Waals surface area contributed by atoms with E-state index >= 15 is 0 Å². The molecular weight excluding hydrogens is 403 g/mol. The molecule has 1 aliphatic heterocycles. The van der Waals surface area contributed by atoms with E-state index in [1.54, 1.807) is 13.3 Å². The smallest absolute Gasteiger partial charge is 0.322 e. The molecule has 0 aliphatic carbocycles. The SMILES string of the molecule is COc1ccc(NC(=O)N2CCNCC2COc2cccnc2C)cc1.Cl.Cl. The van der Waals surface area contributed by atoms with Crippen molar-refractivity contribution in [2.45, 2.75) is 13.0 Å². The molecule has 1 atom stereocenters. The average molecular weight is 429 g/mol. The number of rotatable bonds is 5. The number of benzene rings is 1. The lowest BCUT2D eigenvalue weighted by molar-refractivity contribution is 0.132. The predicted octanol–water partition coefficient (Wildman–Crippen LogP) is 3.13. The topological polar surface area (TPSA) is 75.7 Å². The van der Waals surface area contributed by atoms with Crippen molar-refractivity contribution in [1.82, 2.24) is 15.2 Å². The molecule has 9 heteroatoms. The number of nitrogens with one attached hydrogen (secondary N) is 2. The number of hydrogen-bond acceptors (Lipinski definition) is 5. The van der Waals surface area contributed by atoms with Gasteiger partial charge in [-0.15, -0.1) is 24.8 Å². The molecule has 1 fully saturated rings. The van der Waals surface area contributed by atoms with Crippen molar-refractivity contribution in [3.8, 4) is 11.5 Å². The molecule has 2 amide bonds. The van der Waals surface area contributed by atoms with E-state index in [2.05, 4.69) is 15.6 Å². The highest BCUT2D eigenvalue weighted by Gasteiger charge is 2.27. The van der Waals surface area contributed by atoms with Gasteiger partial charge >= 0.3 is 6.03 Å². The number of nitrogens with zero attached hydrogens (tertiary/aromatic N) is 2. The molecule has 154 valence electrons. The van der Waals surface area contributed by atoms with E-state index in [1.807, 2.05) is 48.2 Å². The summed E-state index contributed by atoms with van der Waals surface area (Å²) in [4.78, 5) is 18.7. The quantitative estimate of drug-likeness (QED) is 0.764. The van der Waals surface area contributed by atoms with Crippen LogP contribution in [0.5, 0.6) is 11.5 Å². The van der Waals surface area contributed by atoms with Gasteiger partial charge in [0.05, 0.1) is 18.8 Å². The fraction of sp³-hybridized carbons (Fsp3) is 0.368. The van der Waals surface area contributed by atoms with E-state index in [9.17, 15) is 4.79 Å². The number of carbonyl (C=O) groups excluding carboxylic acids is 1. The van der Waals surface area contributed by atoms with Gasteiger partial charge < -0.3 is 25.0 Å². The van der Waals surface area contributed by atoms with Gasteiger partial charge in [-0.25, -0.2) is 4.79 Å². The first-order valence-corrected chi connectivity index (χ1v) is 8.64. The number of urea groups is 1. The Hall–Kier alpha value is -2.22. The molecule has 1 aromatic carbocycles. The van der Waals surface area contributed by atoms with Crippen molar-refractivity contribution in [2.75, 3.05) is 38.7 Å². The van der Waals surface area contributed by atoms with Gasteiger partial charge in [-0.3, -0.25) is 4.98 Å². The van der Waals surface area contributed by atoms with Crippen molar-refractivity contribution in [3.05, 3.63) is 48.3 Å². The Kier molecular flexibility index (Phi) is 9.85. The van der Waals surface area contributed by atoms with E-state index in [4.69, 9.17) is 9.47 Å². The molecule has 3 rings (SSSR count). The molecule has 2 N–H and O–H groups in total. The monoisotopic (exact) mass is 428 g/mol. The Morgan fingerprint density at radius 3 is 2.71 bits per heavy atom. The van der Waals surface area contributed by atoms with Crippen molar-refractivity contribution >= 4 is 36.5 Å². The van der Waals surface area contributed by atoms with E-state index in [0.29, 0.717) is 19.7 Å². The Morgan fingerprint density at radius 1 is 1.29 bits per heavy atom. The van der Waals surface area contributed by atoms with Gasteiger partial charge in [0.1, 0.15) is 18.1 Å². The highest BCUT2D eigenvalue weighted by atomic mass is 35.5. The summed E-state index contributed by atoms with van der Waals surface area (Å²) in [5.41, 5.74) is 1.57. The number of methoxy groups -OCH3 is 1. The van der Waals surface area contributed by atoms with Crippen molar-refractivity contribution in [1.29, 1.82) is 0 Å². The average Bonchev–Trinajstić information content (AvgIpc) is 2.68. The van der Waals surface area contributed by atoms with Crippen molar-refractivity contribution < 1.29 is 14.3 Å². The summed E-state index contributed by atoms with van der Waals surface area (Å²) >= 11 is 0. The number of carbonyl (C=O) groups is 1. The lowest BCUT2D eigenvalue weighted by Crippen LogP contribution is -2.57. The highest BCUT2D eigenvalue weighted by Crippen LogP contribution is 2.18. The molecule has 7 nitrogen and oxygen atoms in total. The summed E-state index contributed by atoms with van der Waals surface area (Å²) in [6.07, 6.45) is 1.74. The van der Waals surface area contributed by atoms with Gasteiger partial charge in [0.15, 0.2) is 0 Å². The first-order valence-electron chi connectivity index (χ1n) is 8.64. The van der Waals surface area contributed by atoms with Crippen LogP contribution < -0.4 is 20.1 Å². The minimum Gasteiger partial charge on any atom is -0.497 e. The second-order valence-corrected chi connectivity index (χ2v) is 6.11. The van der Waals surface area contributed by atoms with Crippen LogP contribution in [0.1, 0.15) is 5.69 Å². The molecule has 1 aromatic heterocycles. The van der Waals surface area contributed by atoms with Crippen LogP contribution in [0.2, 0.25) is 0 Å². The minimum atomic E-state index is -0.131. The van der Waals surface area contributed by atoms with Crippen LogP contribution >= 0.6 is 24.8 Å². The van der Waals surface area contributed by atoms with E-state index in [1.165, 1.54) is 0 Å². The molecule has 0 bridgehead atoms. The van der Waals surface area contributed by atoms with Crippen LogP contribution in [0.4, 0.5) is 10.5 Å². The molecular formula is C19H26Cl2N4O3. The zero-order valence-electron chi connectivity index (χ0n) is 15.9. The molecule has 0 radical (unpaired) electrons. The number of pyridine rings is 1. The Bertz CT molecular complexity index is 746. The maximum absolute atomic E-state index is 12.7. The van der Waals surface area contributed by atoms with Gasteiger partial charge in [-0.05, 0) is 43.3 Å². The largest absolute Gasteiger partial charge is 0.497 e. The third-order valence-electron chi connectivity index (χ3n) is 4.34. The normalized spacial score (nSPS) is 15.6. The van der Waals surface area contributed by atoms with Crippen LogP contribution in [-0.2, 0) is 0 Å². The third-order valence-corrected chi connectivity index (χ3v) is 4.34. The minimum absolute atomic E-state index is 0. The van der Waals surface area contributed by atoms with Crippen LogP contribution in [0, 0.1) is 6.92 Å². The van der Waals surface area contributed by atoms with Crippen molar-refractivity contribution in [3.63, 3.8) is 0 Å². The summed E-state index contributed by atoms with van der Waals surface area (Å²) in [7, 11) is 1.61. The summed E-state index contributed by atoms with van der Waals surface area (Å²) < 4.78 is 11.0. The molecule has 1 saturated heterocycles.